The van der Waals surface area contributed by atoms with Crippen LogP contribution in [0.4, 0.5) is 5.13 Å². The second kappa shape index (κ2) is 5.43. The Labute approximate surface area is 115 Å². The van der Waals surface area contributed by atoms with E-state index in [1.54, 1.807) is 10.3 Å². The van der Waals surface area contributed by atoms with Gasteiger partial charge < -0.3 is 10.0 Å². The fourth-order valence-electron chi connectivity index (χ4n) is 1.83. The number of aliphatic hydroxyl groups is 1. The third kappa shape index (κ3) is 4.15. The topological polar surface area (TPSA) is 99.6 Å². The molecule has 1 aliphatic rings. The summed E-state index contributed by atoms with van der Waals surface area (Å²) >= 11 is 1.14. The largest absolute Gasteiger partial charge is 0.391 e. The van der Waals surface area contributed by atoms with Crippen molar-refractivity contribution in [1.29, 1.82) is 0 Å². The quantitative estimate of drug-likeness (QED) is 0.792. The Morgan fingerprint density at radius 2 is 2.42 bits per heavy atom. The average molecular weight is 305 g/mol. The summed E-state index contributed by atoms with van der Waals surface area (Å²) in [4.78, 5) is 17.5. The minimum atomic E-state index is -3.35. The van der Waals surface area contributed by atoms with Crippen LogP contribution in [0.2, 0.25) is 0 Å². The monoisotopic (exact) mass is 305 g/mol. The van der Waals surface area contributed by atoms with Gasteiger partial charge in [0.05, 0.1) is 24.5 Å². The Morgan fingerprint density at radius 3 is 3.00 bits per heavy atom. The van der Waals surface area contributed by atoms with Crippen molar-refractivity contribution in [3.05, 3.63) is 11.1 Å². The Bertz CT molecular complexity index is 569. The van der Waals surface area contributed by atoms with Crippen LogP contribution in [-0.4, -0.2) is 54.8 Å². The molecule has 9 heteroatoms. The molecule has 19 heavy (non-hydrogen) atoms. The fraction of sp³-hybridized carbons (Fsp3) is 0.600. The van der Waals surface area contributed by atoms with Gasteiger partial charge in [0, 0.05) is 18.5 Å². The zero-order valence-electron chi connectivity index (χ0n) is 10.4. The fourth-order valence-corrected chi connectivity index (χ4v) is 3.39. The number of amides is 1. The summed E-state index contributed by atoms with van der Waals surface area (Å²) < 4.78 is 24.3. The Morgan fingerprint density at radius 1 is 1.68 bits per heavy atom. The summed E-state index contributed by atoms with van der Waals surface area (Å²) in [6.45, 7) is 0.913. The van der Waals surface area contributed by atoms with E-state index in [1.807, 2.05) is 0 Å². The average Bonchev–Trinajstić information content (AvgIpc) is 2.85. The first-order valence-corrected chi connectivity index (χ1v) is 8.48. The summed E-state index contributed by atoms with van der Waals surface area (Å²) in [5.74, 6) is -0.104. The highest BCUT2D eigenvalue weighted by Crippen LogP contribution is 2.18. The maximum atomic E-state index is 11.9. The van der Waals surface area contributed by atoms with Gasteiger partial charge in [-0.05, 0) is 6.42 Å². The van der Waals surface area contributed by atoms with E-state index in [0.29, 0.717) is 25.2 Å². The summed E-state index contributed by atoms with van der Waals surface area (Å²) in [5.41, 5.74) is 0.530. The van der Waals surface area contributed by atoms with E-state index in [0.717, 1.165) is 17.6 Å². The van der Waals surface area contributed by atoms with Crippen LogP contribution in [0.1, 0.15) is 12.1 Å². The molecule has 0 radical (unpaired) electrons. The number of rotatable bonds is 4. The van der Waals surface area contributed by atoms with Gasteiger partial charge in [-0.1, -0.05) is 0 Å². The SMILES string of the molecule is CS(=O)(=O)Nc1nc(CC(=O)N2CCC(O)C2)cs1. The first-order valence-electron chi connectivity index (χ1n) is 5.71. The lowest BCUT2D eigenvalue weighted by Gasteiger charge is -2.14. The van der Waals surface area contributed by atoms with Crippen LogP contribution in [0.15, 0.2) is 5.38 Å². The van der Waals surface area contributed by atoms with E-state index in [1.165, 1.54) is 0 Å². The molecule has 0 aliphatic carbocycles. The normalized spacial score (nSPS) is 19.7. The van der Waals surface area contributed by atoms with E-state index >= 15 is 0 Å². The van der Waals surface area contributed by atoms with Crippen LogP contribution < -0.4 is 4.72 Å². The molecule has 0 saturated carbocycles. The van der Waals surface area contributed by atoms with Gasteiger partial charge in [0.1, 0.15) is 0 Å². The molecule has 0 aromatic carbocycles. The number of nitrogens with one attached hydrogen (secondary N) is 1. The molecule has 1 amide bonds. The van der Waals surface area contributed by atoms with Gasteiger partial charge in [-0.3, -0.25) is 9.52 Å². The van der Waals surface area contributed by atoms with Crippen LogP contribution in [0.25, 0.3) is 0 Å². The van der Waals surface area contributed by atoms with Crippen molar-refractivity contribution in [1.82, 2.24) is 9.88 Å². The first-order chi connectivity index (χ1) is 8.83. The Hall–Kier alpha value is -1.19. The van der Waals surface area contributed by atoms with Gasteiger partial charge in [0.15, 0.2) is 5.13 Å². The summed E-state index contributed by atoms with van der Waals surface area (Å²) in [5, 5.41) is 11.3. The molecule has 7 nitrogen and oxygen atoms in total. The van der Waals surface area contributed by atoms with E-state index in [4.69, 9.17) is 0 Å². The number of thiazole rings is 1. The van der Waals surface area contributed by atoms with Gasteiger partial charge in [-0.15, -0.1) is 11.3 Å². The van der Waals surface area contributed by atoms with E-state index in [2.05, 4.69) is 9.71 Å². The molecule has 1 unspecified atom stereocenters. The van der Waals surface area contributed by atoms with Crippen LogP contribution in [0, 0.1) is 0 Å². The number of carbonyl (C=O) groups excluding carboxylic acids is 1. The van der Waals surface area contributed by atoms with Crippen molar-refractivity contribution < 1.29 is 18.3 Å². The standard InChI is InChI=1S/C10H15N3O4S2/c1-19(16,17)12-10-11-7(6-18-10)4-9(15)13-3-2-8(14)5-13/h6,8,14H,2-5H2,1H3,(H,11,12). The van der Waals surface area contributed by atoms with Crippen LogP contribution in [0.5, 0.6) is 0 Å². The number of likely N-dealkylation sites (tertiary alicyclic amines) is 1. The van der Waals surface area contributed by atoms with Crippen molar-refractivity contribution in [2.75, 3.05) is 24.1 Å². The van der Waals surface area contributed by atoms with E-state index in [9.17, 15) is 18.3 Å². The lowest BCUT2D eigenvalue weighted by atomic mass is 10.3. The van der Waals surface area contributed by atoms with Crippen LogP contribution in [-0.2, 0) is 21.2 Å². The molecule has 1 aliphatic heterocycles. The van der Waals surface area contributed by atoms with E-state index in [-0.39, 0.29) is 17.5 Å². The molecule has 1 aromatic rings. The molecule has 1 fully saturated rings. The highest BCUT2D eigenvalue weighted by Gasteiger charge is 2.24. The number of hydrogen-bond donors (Lipinski definition) is 2. The summed E-state index contributed by atoms with van der Waals surface area (Å²) in [6, 6.07) is 0. The van der Waals surface area contributed by atoms with Crippen molar-refractivity contribution in [2.45, 2.75) is 18.9 Å². The van der Waals surface area contributed by atoms with Crippen molar-refractivity contribution in [3.8, 4) is 0 Å². The molecule has 1 atom stereocenters. The number of anilines is 1. The van der Waals surface area contributed by atoms with Crippen molar-refractivity contribution in [3.63, 3.8) is 0 Å². The molecule has 2 rings (SSSR count). The number of aliphatic hydroxyl groups excluding tert-OH is 1. The van der Waals surface area contributed by atoms with Crippen LogP contribution >= 0.6 is 11.3 Å². The third-order valence-electron chi connectivity index (χ3n) is 2.67. The minimum absolute atomic E-state index is 0.104. The second-order valence-electron chi connectivity index (χ2n) is 4.48. The Balaban J connectivity index is 1.94. The molecule has 2 N–H and O–H groups in total. The van der Waals surface area contributed by atoms with Gasteiger partial charge in [-0.2, -0.15) is 0 Å². The molecule has 0 spiro atoms. The van der Waals surface area contributed by atoms with Crippen molar-refractivity contribution >= 4 is 32.4 Å². The van der Waals surface area contributed by atoms with Crippen molar-refractivity contribution in [2.24, 2.45) is 0 Å². The zero-order chi connectivity index (χ0) is 14.0. The molecule has 1 aromatic heterocycles. The molecular formula is C10H15N3O4S2. The lowest BCUT2D eigenvalue weighted by Crippen LogP contribution is -2.30. The molecule has 106 valence electrons. The maximum absolute atomic E-state index is 11.9. The third-order valence-corrected chi connectivity index (χ3v) is 4.17. The number of hydrogen-bond acceptors (Lipinski definition) is 6. The number of nitrogens with zero attached hydrogens (tertiary/aromatic N) is 2. The number of sulfonamides is 1. The van der Waals surface area contributed by atoms with Gasteiger partial charge in [0.25, 0.3) is 0 Å². The minimum Gasteiger partial charge on any atom is -0.391 e. The number of β-amino-alcohol motifs (C(OH)–C–C–N with tert-alkyl or cyclic N) is 1. The Kier molecular flexibility index (Phi) is 4.07. The van der Waals surface area contributed by atoms with Gasteiger partial charge in [-0.25, -0.2) is 13.4 Å². The predicted octanol–water partition coefficient (Wildman–Crippen LogP) is -0.350. The van der Waals surface area contributed by atoms with E-state index < -0.39 is 16.1 Å². The molecule has 1 saturated heterocycles. The number of carbonyl (C=O) groups is 1. The molecular weight excluding hydrogens is 290 g/mol. The smallest absolute Gasteiger partial charge is 0.231 e. The van der Waals surface area contributed by atoms with Gasteiger partial charge in [0.2, 0.25) is 15.9 Å². The maximum Gasteiger partial charge on any atom is 0.231 e. The summed E-state index contributed by atoms with van der Waals surface area (Å²) in [6.07, 6.45) is 1.32. The van der Waals surface area contributed by atoms with Gasteiger partial charge >= 0.3 is 0 Å². The predicted molar refractivity (Wildman–Crippen MR) is 71.5 cm³/mol. The zero-order valence-corrected chi connectivity index (χ0v) is 12.0. The second-order valence-corrected chi connectivity index (χ2v) is 7.08. The first kappa shape index (κ1) is 14.2. The summed E-state index contributed by atoms with van der Waals surface area (Å²) in [7, 11) is -3.35. The highest BCUT2D eigenvalue weighted by atomic mass is 32.2. The molecule has 0 bridgehead atoms. The lowest BCUT2D eigenvalue weighted by molar-refractivity contribution is -0.129. The molecule has 2 heterocycles. The van der Waals surface area contributed by atoms with Crippen LogP contribution in [0.3, 0.4) is 0 Å². The number of aromatic nitrogens is 1. The highest BCUT2D eigenvalue weighted by molar-refractivity contribution is 7.92.